The molecule has 4 N–H and O–H groups in total. The summed E-state index contributed by atoms with van der Waals surface area (Å²) in [4.78, 5) is 10.6. The van der Waals surface area contributed by atoms with Crippen LogP contribution in [0.5, 0.6) is 0 Å². The molecule has 1 aromatic carbocycles. The van der Waals surface area contributed by atoms with Crippen molar-refractivity contribution < 1.29 is 4.79 Å². The molecule has 0 bridgehead atoms. The van der Waals surface area contributed by atoms with Crippen LogP contribution in [0.4, 0.5) is 0 Å². The molecule has 3 heteroatoms. The number of rotatable bonds is 8. The molecule has 100 valence electrons. The van der Waals surface area contributed by atoms with Crippen LogP contribution < -0.4 is 11.5 Å². The lowest BCUT2D eigenvalue weighted by Gasteiger charge is -2.12. The normalized spacial score (nSPS) is 12.3. The van der Waals surface area contributed by atoms with E-state index >= 15 is 0 Å². The lowest BCUT2D eigenvalue weighted by molar-refractivity contribution is -0.118. The highest BCUT2D eigenvalue weighted by Gasteiger charge is 2.06. The van der Waals surface area contributed by atoms with Crippen LogP contribution in [0.15, 0.2) is 24.3 Å². The van der Waals surface area contributed by atoms with Gasteiger partial charge in [-0.2, -0.15) is 0 Å². The number of benzene rings is 1. The van der Waals surface area contributed by atoms with Gasteiger partial charge in [-0.1, -0.05) is 37.6 Å². The lowest BCUT2D eigenvalue weighted by atomic mass is 9.99. The summed E-state index contributed by atoms with van der Waals surface area (Å²) in [5.74, 6) is -0.253. The summed E-state index contributed by atoms with van der Waals surface area (Å²) in [6, 6.07) is 8.50. The third kappa shape index (κ3) is 5.32. The van der Waals surface area contributed by atoms with Gasteiger partial charge in [0, 0.05) is 12.5 Å². The fourth-order valence-electron chi connectivity index (χ4n) is 1.98. The van der Waals surface area contributed by atoms with Crippen LogP contribution in [-0.2, 0) is 11.2 Å². The van der Waals surface area contributed by atoms with Crippen molar-refractivity contribution in [1.29, 1.82) is 0 Å². The summed E-state index contributed by atoms with van der Waals surface area (Å²) >= 11 is 0. The maximum absolute atomic E-state index is 10.6. The minimum absolute atomic E-state index is 0.00424. The van der Waals surface area contributed by atoms with Gasteiger partial charge in [-0.25, -0.2) is 0 Å². The molecule has 1 atom stereocenters. The van der Waals surface area contributed by atoms with E-state index in [1.807, 2.05) is 0 Å². The van der Waals surface area contributed by atoms with Crippen LogP contribution in [0.25, 0.3) is 0 Å². The van der Waals surface area contributed by atoms with Crippen LogP contribution in [-0.4, -0.2) is 5.91 Å². The molecule has 18 heavy (non-hydrogen) atoms. The highest BCUT2D eigenvalue weighted by Crippen LogP contribution is 2.18. The van der Waals surface area contributed by atoms with Crippen molar-refractivity contribution in [2.24, 2.45) is 11.5 Å². The second-order valence-electron chi connectivity index (χ2n) is 4.81. The summed E-state index contributed by atoms with van der Waals surface area (Å²) in [5, 5.41) is 0. The predicted molar refractivity (Wildman–Crippen MR) is 75.0 cm³/mol. The second kappa shape index (κ2) is 7.88. The van der Waals surface area contributed by atoms with E-state index in [0.717, 1.165) is 24.8 Å². The molecule has 0 aliphatic rings. The predicted octanol–water partition coefficient (Wildman–Crippen LogP) is 2.68. The SMILES string of the molecule is CCCCc1ccc(C(N)CCCC(N)=O)cc1. The van der Waals surface area contributed by atoms with Crippen LogP contribution in [0.1, 0.15) is 56.2 Å². The summed E-state index contributed by atoms with van der Waals surface area (Å²) in [6.45, 7) is 2.20. The molecule has 0 saturated heterocycles. The monoisotopic (exact) mass is 248 g/mol. The Labute approximate surface area is 110 Å². The van der Waals surface area contributed by atoms with Crippen molar-refractivity contribution in [1.82, 2.24) is 0 Å². The Balaban J connectivity index is 2.43. The van der Waals surface area contributed by atoms with E-state index in [1.165, 1.54) is 18.4 Å². The number of hydrogen-bond donors (Lipinski definition) is 2. The number of aryl methyl sites for hydroxylation is 1. The number of hydrogen-bond acceptors (Lipinski definition) is 2. The first-order valence-corrected chi connectivity index (χ1v) is 6.76. The number of unbranched alkanes of at least 4 members (excludes halogenated alkanes) is 1. The minimum Gasteiger partial charge on any atom is -0.370 e. The van der Waals surface area contributed by atoms with Crippen molar-refractivity contribution >= 4 is 5.91 Å². The molecular weight excluding hydrogens is 224 g/mol. The summed E-state index contributed by atoms with van der Waals surface area (Å²) in [7, 11) is 0. The first kappa shape index (κ1) is 14.7. The van der Waals surface area contributed by atoms with E-state index in [9.17, 15) is 4.79 Å². The average Bonchev–Trinajstić information content (AvgIpc) is 2.36. The van der Waals surface area contributed by atoms with Gasteiger partial charge in [0.2, 0.25) is 5.91 Å². The Kier molecular flexibility index (Phi) is 6.44. The minimum atomic E-state index is -0.253. The highest BCUT2D eigenvalue weighted by atomic mass is 16.1. The summed E-state index contributed by atoms with van der Waals surface area (Å²) in [5.41, 5.74) is 13.7. The molecule has 0 radical (unpaired) electrons. The third-order valence-corrected chi connectivity index (χ3v) is 3.17. The molecule has 0 fully saturated rings. The third-order valence-electron chi connectivity index (χ3n) is 3.17. The maximum atomic E-state index is 10.6. The van der Waals surface area contributed by atoms with Gasteiger partial charge in [0.25, 0.3) is 0 Å². The van der Waals surface area contributed by atoms with Gasteiger partial charge in [0.15, 0.2) is 0 Å². The molecule has 0 spiro atoms. The van der Waals surface area contributed by atoms with Crippen LogP contribution in [0.3, 0.4) is 0 Å². The Hall–Kier alpha value is -1.35. The van der Waals surface area contributed by atoms with Gasteiger partial charge in [-0.3, -0.25) is 4.79 Å². The Morgan fingerprint density at radius 2 is 1.89 bits per heavy atom. The van der Waals surface area contributed by atoms with Crippen LogP contribution in [0.2, 0.25) is 0 Å². The fraction of sp³-hybridized carbons (Fsp3) is 0.533. The van der Waals surface area contributed by atoms with Gasteiger partial charge in [-0.05, 0) is 36.8 Å². The maximum Gasteiger partial charge on any atom is 0.217 e. The molecule has 0 saturated carbocycles. The summed E-state index contributed by atoms with van der Waals surface area (Å²) < 4.78 is 0. The Morgan fingerprint density at radius 1 is 1.22 bits per heavy atom. The van der Waals surface area contributed by atoms with E-state index in [1.54, 1.807) is 0 Å². The zero-order valence-corrected chi connectivity index (χ0v) is 11.2. The molecular formula is C15H24N2O. The molecule has 3 nitrogen and oxygen atoms in total. The zero-order chi connectivity index (χ0) is 13.4. The average molecular weight is 248 g/mol. The molecule has 0 aliphatic carbocycles. The fourth-order valence-corrected chi connectivity index (χ4v) is 1.98. The molecule has 1 unspecified atom stereocenters. The molecule has 0 aliphatic heterocycles. The second-order valence-corrected chi connectivity index (χ2v) is 4.81. The Bertz CT molecular complexity index is 359. The van der Waals surface area contributed by atoms with Crippen molar-refractivity contribution in [3.05, 3.63) is 35.4 Å². The van der Waals surface area contributed by atoms with Crippen molar-refractivity contribution in [2.45, 2.75) is 51.5 Å². The smallest absolute Gasteiger partial charge is 0.217 e. The van der Waals surface area contributed by atoms with Gasteiger partial charge in [-0.15, -0.1) is 0 Å². The number of nitrogens with two attached hydrogens (primary N) is 2. The van der Waals surface area contributed by atoms with E-state index in [0.29, 0.717) is 6.42 Å². The highest BCUT2D eigenvalue weighted by molar-refractivity contribution is 5.73. The topological polar surface area (TPSA) is 69.1 Å². The number of carbonyl (C=O) groups excluding carboxylic acids is 1. The van der Waals surface area contributed by atoms with E-state index < -0.39 is 0 Å². The first-order valence-electron chi connectivity index (χ1n) is 6.76. The quantitative estimate of drug-likeness (QED) is 0.742. The van der Waals surface area contributed by atoms with E-state index in [-0.39, 0.29) is 11.9 Å². The molecule has 1 aromatic rings. The van der Waals surface area contributed by atoms with Gasteiger partial charge in [0.05, 0.1) is 0 Å². The van der Waals surface area contributed by atoms with Crippen molar-refractivity contribution in [3.63, 3.8) is 0 Å². The molecule has 1 amide bonds. The molecule has 1 rings (SSSR count). The number of amides is 1. The number of primary amides is 1. The van der Waals surface area contributed by atoms with Crippen LogP contribution >= 0.6 is 0 Å². The lowest BCUT2D eigenvalue weighted by Crippen LogP contribution is -2.14. The van der Waals surface area contributed by atoms with Crippen molar-refractivity contribution in [2.75, 3.05) is 0 Å². The Morgan fingerprint density at radius 3 is 2.44 bits per heavy atom. The zero-order valence-electron chi connectivity index (χ0n) is 11.2. The van der Waals surface area contributed by atoms with Gasteiger partial charge in [0.1, 0.15) is 0 Å². The number of carbonyl (C=O) groups is 1. The molecule has 0 aromatic heterocycles. The van der Waals surface area contributed by atoms with Crippen molar-refractivity contribution in [3.8, 4) is 0 Å². The molecule has 0 heterocycles. The summed E-state index contributed by atoms with van der Waals surface area (Å²) in [6.07, 6.45) is 5.56. The van der Waals surface area contributed by atoms with Gasteiger partial charge >= 0.3 is 0 Å². The van der Waals surface area contributed by atoms with E-state index in [2.05, 4.69) is 31.2 Å². The standard InChI is InChI=1S/C15H24N2O/c1-2-3-5-12-8-10-13(11-9-12)14(16)6-4-7-15(17)18/h8-11,14H,2-7,16H2,1H3,(H2,17,18). The first-order chi connectivity index (χ1) is 8.63. The van der Waals surface area contributed by atoms with E-state index in [4.69, 9.17) is 11.5 Å². The van der Waals surface area contributed by atoms with Crippen LogP contribution in [0, 0.1) is 0 Å². The largest absolute Gasteiger partial charge is 0.370 e. The van der Waals surface area contributed by atoms with Gasteiger partial charge < -0.3 is 11.5 Å².